The number of hydrogen-bond donors (Lipinski definition) is 1. The zero-order valence-corrected chi connectivity index (χ0v) is 13.5. The minimum absolute atomic E-state index is 0.0191. The molecule has 0 spiro atoms. The molecule has 0 aliphatic carbocycles. The second-order valence-electron chi connectivity index (χ2n) is 5.56. The molecule has 1 saturated heterocycles. The SMILES string of the molecule is CCOC(=O)c1ccccc1NC(=O)C1CCCN(C(C)=O)C1. The predicted molar refractivity (Wildman–Crippen MR) is 86.0 cm³/mol. The van der Waals surface area contributed by atoms with Gasteiger partial charge in [-0.05, 0) is 31.9 Å². The highest BCUT2D eigenvalue weighted by Gasteiger charge is 2.27. The molecule has 1 heterocycles. The molecule has 2 rings (SSSR count). The van der Waals surface area contributed by atoms with E-state index in [1.165, 1.54) is 6.92 Å². The number of likely N-dealkylation sites (tertiary alicyclic amines) is 1. The van der Waals surface area contributed by atoms with Crippen LogP contribution in [0.4, 0.5) is 5.69 Å². The molecule has 0 saturated carbocycles. The second kappa shape index (κ2) is 7.76. The minimum atomic E-state index is -0.461. The molecule has 2 amide bonds. The van der Waals surface area contributed by atoms with Gasteiger partial charge in [-0.3, -0.25) is 9.59 Å². The van der Waals surface area contributed by atoms with Gasteiger partial charge >= 0.3 is 5.97 Å². The van der Waals surface area contributed by atoms with E-state index in [1.54, 1.807) is 36.1 Å². The standard InChI is InChI=1S/C17H22N2O4/c1-3-23-17(22)14-8-4-5-9-15(14)18-16(21)13-7-6-10-19(11-13)12(2)20/h4-5,8-9,13H,3,6-7,10-11H2,1-2H3,(H,18,21). The molecule has 1 fully saturated rings. The number of esters is 1. The van der Waals surface area contributed by atoms with Gasteiger partial charge in [0.15, 0.2) is 0 Å². The lowest BCUT2D eigenvalue weighted by Crippen LogP contribution is -2.42. The van der Waals surface area contributed by atoms with Crippen molar-refractivity contribution >= 4 is 23.5 Å². The van der Waals surface area contributed by atoms with Crippen LogP contribution >= 0.6 is 0 Å². The maximum atomic E-state index is 12.5. The summed E-state index contributed by atoms with van der Waals surface area (Å²) in [5.41, 5.74) is 0.776. The van der Waals surface area contributed by atoms with Crippen LogP contribution in [0.25, 0.3) is 0 Å². The van der Waals surface area contributed by atoms with E-state index in [2.05, 4.69) is 5.32 Å². The van der Waals surface area contributed by atoms with Crippen molar-refractivity contribution in [3.05, 3.63) is 29.8 Å². The minimum Gasteiger partial charge on any atom is -0.462 e. The molecule has 0 radical (unpaired) electrons. The monoisotopic (exact) mass is 318 g/mol. The van der Waals surface area contributed by atoms with Crippen molar-refractivity contribution in [3.63, 3.8) is 0 Å². The van der Waals surface area contributed by atoms with Gasteiger partial charge in [0.05, 0.1) is 23.8 Å². The van der Waals surface area contributed by atoms with Gasteiger partial charge in [-0.2, -0.15) is 0 Å². The third kappa shape index (κ3) is 4.31. The number of rotatable bonds is 4. The van der Waals surface area contributed by atoms with Crippen molar-refractivity contribution in [1.82, 2.24) is 4.90 Å². The van der Waals surface area contributed by atoms with Gasteiger partial charge in [0.2, 0.25) is 11.8 Å². The summed E-state index contributed by atoms with van der Waals surface area (Å²) in [5.74, 6) is -0.914. The number of carbonyl (C=O) groups excluding carboxylic acids is 3. The van der Waals surface area contributed by atoms with E-state index >= 15 is 0 Å². The molecule has 1 atom stereocenters. The van der Waals surface area contributed by atoms with Crippen LogP contribution in [-0.4, -0.2) is 42.4 Å². The first-order valence-electron chi connectivity index (χ1n) is 7.85. The van der Waals surface area contributed by atoms with Crippen molar-refractivity contribution in [1.29, 1.82) is 0 Å². The molecule has 1 unspecified atom stereocenters. The Morgan fingerprint density at radius 3 is 2.74 bits per heavy atom. The molecule has 6 nitrogen and oxygen atoms in total. The van der Waals surface area contributed by atoms with Gasteiger partial charge in [-0.25, -0.2) is 4.79 Å². The Hall–Kier alpha value is -2.37. The lowest BCUT2D eigenvalue weighted by molar-refractivity contribution is -0.132. The topological polar surface area (TPSA) is 75.7 Å². The zero-order chi connectivity index (χ0) is 16.8. The molecule has 124 valence electrons. The summed E-state index contributed by atoms with van der Waals surface area (Å²) in [5, 5.41) is 2.80. The molecule has 0 bridgehead atoms. The molecule has 1 aliphatic heterocycles. The number of amides is 2. The number of ether oxygens (including phenoxy) is 1. The summed E-state index contributed by atoms with van der Waals surface area (Å²) in [4.78, 5) is 37.6. The summed E-state index contributed by atoms with van der Waals surface area (Å²) in [6.45, 7) is 4.63. The molecular formula is C17H22N2O4. The van der Waals surface area contributed by atoms with Crippen molar-refractivity contribution in [3.8, 4) is 0 Å². The smallest absolute Gasteiger partial charge is 0.340 e. The van der Waals surface area contributed by atoms with Crippen molar-refractivity contribution < 1.29 is 19.1 Å². The third-order valence-electron chi connectivity index (χ3n) is 3.92. The van der Waals surface area contributed by atoms with Crippen molar-refractivity contribution in [2.24, 2.45) is 5.92 Å². The number of anilines is 1. The fourth-order valence-corrected chi connectivity index (χ4v) is 2.69. The maximum Gasteiger partial charge on any atom is 0.340 e. The Morgan fingerprint density at radius 2 is 2.04 bits per heavy atom. The number of nitrogens with one attached hydrogen (secondary N) is 1. The first-order chi connectivity index (χ1) is 11.0. The number of hydrogen-bond acceptors (Lipinski definition) is 4. The molecule has 1 aliphatic rings. The molecule has 6 heteroatoms. The molecular weight excluding hydrogens is 296 g/mol. The van der Waals surface area contributed by atoms with Crippen LogP contribution in [0.2, 0.25) is 0 Å². The van der Waals surface area contributed by atoms with Crippen LogP contribution in [0.1, 0.15) is 37.0 Å². The Morgan fingerprint density at radius 1 is 1.30 bits per heavy atom. The summed E-state index contributed by atoms with van der Waals surface area (Å²) >= 11 is 0. The number of piperidine rings is 1. The van der Waals surface area contributed by atoms with Crippen molar-refractivity contribution in [2.75, 3.05) is 25.0 Å². The molecule has 23 heavy (non-hydrogen) atoms. The van der Waals surface area contributed by atoms with Gasteiger partial charge in [0.25, 0.3) is 0 Å². The Balaban J connectivity index is 2.08. The van der Waals surface area contributed by atoms with Gasteiger partial charge in [-0.1, -0.05) is 12.1 Å². The number of nitrogens with zero attached hydrogens (tertiary/aromatic N) is 1. The van der Waals surface area contributed by atoms with E-state index in [0.717, 1.165) is 12.8 Å². The van der Waals surface area contributed by atoms with E-state index < -0.39 is 5.97 Å². The number of carbonyl (C=O) groups is 3. The Labute approximate surface area is 135 Å². The quantitative estimate of drug-likeness (QED) is 0.862. The summed E-state index contributed by atoms with van der Waals surface area (Å²) in [6, 6.07) is 6.77. The van der Waals surface area contributed by atoms with Crippen LogP contribution in [0, 0.1) is 5.92 Å². The number of benzene rings is 1. The Kier molecular flexibility index (Phi) is 5.73. The second-order valence-corrected chi connectivity index (χ2v) is 5.56. The van der Waals surface area contributed by atoms with E-state index in [-0.39, 0.29) is 24.3 Å². The van der Waals surface area contributed by atoms with Gasteiger partial charge in [0, 0.05) is 20.0 Å². The van der Waals surface area contributed by atoms with E-state index in [9.17, 15) is 14.4 Å². The van der Waals surface area contributed by atoms with Gasteiger partial charge < -0.3 is 15.0 Å². The average molecular weight is 318 g/mol. The van der Waals surface area contributed by atoms with Crippen LogP contribution < -0.4 is 5.32 Å². The highest BCUT2D eigenvalue weighted by atomic mass is 16.5. The molecule has 0 aromatic heterocycles. The zero-order valence-electron chi connectivity index (χ0n) is 13.5. The van der Waals surface area contributed by atoms with Gasteiger partial charge in [0.1, 0.15) is 0 Å². The molecule has 1 aromatic carbocycles. The van der Waals surface area contributed by atoms with Crippen LogP contribution in [0.5, 0.6) is 0 Å². The third-order valence-corrected chi connectivity index (χ3v) is 3.92. The first-order valence-corrected chi connectivity index (χ1v) is 7.85. The summed E-state index contributed by atoms with van der Waals surface area (Å²) in [6.07, 6.45) is 1.54. The van der Waals surface area contributed by atoms with Crippen LogP contribution in [-0.2, 0) is 14.3 Å². The lowest BCUT2D eigenvalue weighted by atomic mass is 9.97. The number of para-hydroxylation sites is 1. The predicted octanol–water partition coefficient (Wildman–Crippen LogP) is 2.06. The Bertz CT molecular complexity index is 600. The highest BCUT2D eigenvalue weighted by Crippen LogP contribution is 2.21. The fraction of sp³-hybridized carbons (Fsp3) is 0.471. The molecule has 1 aromatic rings. The van der Waals surface area contributed by atoms with Crippen molar-refractivity contribution in [2.45, 2.75) is 26.7 Å². The first kappa shape index (κ1) is 17.0. The van der Waals surface area contributed by atoms with E-state index in [0.29, 0.717) is 24.3 Å². The maximum absolute atomic E-state index is 12.5. The largest absolute Gasteiger partial charge is 0.462 e. The van der Waals surface area contributed by atoms with E-state index in [1.807, 2.05) is 0 Å². The summed E-state index contributed by atoms with van der Waals surface area (Å²) < 4.78 is 5.00. The molecule has 1 N–H and O–H groups in total. The van der Waals surface area contributed by atoms with Crippen LogP contribution in [0.3, 0.4) is 0 Å². The highest BCUT2D eigenvalue weighted by molar-refractivity contribution is 6.02. The van der Waals surface area contributed by atoms with E-state index in [4.69, 9.17) is 4.74 Å². The lowest BCUT2D eigenvalue weighted by Gasteiger charge is -2.31. The summed E-state index contributed by atoms with van der Waals surface area (Å²) in [7, 11) is 0. The van der Waals surface area contributed by atoms with Crippen LogP contribution in [0.15, 0.2) is 24.3 Å². The van der Waals surface area contributed by atoms with Gasteiger partial charge in [-0.15, -0.1) is 0 Å². The fourth-order valence-electron chi connectivity index (χ4n) is 2.69. The average Bonchev–Trinajstić information content (AvgIpc) is 2.55. The normalized spacial score (nSPS) is 17.5.